The predicted octanol–water partition coefficient (Wildman–Crippen LogP) is 1.90. The third kappa shape index (κ3) is 1.70. The lowest BCUT2D eigenvalue weighted by molar-refractivity contribution is 0.103. The van der Waals surface area contributed by atoms with Gasteiger partial charge in [-0.15, -0.1) is 11.3 Å². The van der Waals surface area contributed by atoms with Gasteiger partial charge in [0, 0.05) is 12.7 Å². The van der Waals surface area contributed by atoms with Crippen LogP contribution in [0.3, 0.4) is 0 Å². The molecule has 2 rings (SSSR count). The Morgan fingerprint density at radius 2 is 2.40 bits per heavy atom. The van der Waals surface area contributed by atoms with Crippen molar-refractivity contribution in [2.24, 2.45) is 0 Å². The molecular weight excluding hydrogens is 210 g/mol. The van der Waals surface area contributed by atoms with Crippen molar-refractivity contribution in [1.29, 1.82) is 0 Å². The minimum atomic E-state index is 0.00866. The SMILES string of the molecule is CCn1nccc1C(=O)c1scnc1C. The molecule has 0 aromatic carbocycles. The molecule has 0 saturated heterocycles. The second kappa shape index (κ2) is 3.94. The molecule has 0 atom stereocenters. The molecule has 2 heterocycles. The van der Waals surface area contributed by atoms with E-state index in [9.17, 15) is 4.79 Å². The predicted molar refractivity (Wildman–Crippen MR) is 58.2 cm³/mol. The Hall–Kier alpha value is -1.49. The monoisotopic (exact) mass is 221 g/mol. The maximum absolute atomic E-state index is 12.1. The van der Waals surface area contributed by atoms with Gasteiger partial charge in [-0.05, 0) is 19.9 Å². The van der Waals surface area contributed by atoms with Crippen LogP contribution in [0, 0.1) is 6.92 Å². The van der Waals surface area contributed by atoms with Gasteiger partial charge in [0.25, 0.3) is 0 Å². The minimum absolute atomic E-state index is 0.00866. The second-order valence-corrected chi connectivity index (χ2v) is 3.98. The summed E-state index contributed by atoms with van der Waals surface area (Å²) in [6.07, 6.45) is 1.65. The van der Waals surface area contributed by atoms with Crippen LogP contribution in [0.25, 0.3) is 0 Å². The number of aryl methyl sites for hydroxylation is 2. The van der Waals surface area contributed by atoms with Gasteiger partial charge in [0.1, 0.15) is 5.69 Å². The van der Waals surface area contributed by atoms with Crippen LogP contribution in [0.15, 0.2) is 17.8 Å². The standard InChI is InChI=1S/C10H11N3OS/c1-3-13-8(4-5-12-13)9(14)10-7(2)11-6-15-10/h4-6H,3H2,1-2H3. The smallest absolute Gasteiger partial charge is 0.222 e. The summed E-state index contributed by atoms with van der Waals surface area (Å²) in [6, 6.07) is 1.74. The van der Waals surface area contributed by atoms with Crippen LogP contribution in [0.5, 0.6) is 0 Å². The molecule has 0 aliphatic rings. The van der Waals surface area contributed by atoms with Gasteiger partial charge in [-0.2, -0.15) is 5.10 Å². The lowest BCUT2D eigenvalue weighted by Gasteiger charge is -2.02. The Labute approximate surface area is 91.6 Å². The molecule has 4 nitrogen and oxygen atoms in total. The highest BCUT2D eigenvalue weighted by Gasteiger charge is 2.17. The summed E-state index contributed by atoms with van der Waals surface area (Å²) in [4.78, 5) is 16.8. The lowest BCUT2D eigenvalue weighted by Crippen LogP contribution is -2.10. The summed E-state index contributed by atoms with van der Waals surface area (Å²) < 4.78 is 1.70. The summed E-state index contributed by atoms with van der Waals surface area (Å²) in [5.74, 6) is 0.00866. The van der Waals surface area contributed by atoms with Crippen molar-refractivity contribution in [3.8, 4) is 0 Å². The van der Waals surface area contributed by atoms with E-state index in [1.165, 1.54) is 11.3 Å². The summed E-state index contributed by atoms with van der Waals surface area (Å²) in [7, 11) is 0. The minimum Gasteiger partial charge on any atom is -0.286 e. The van der Waals surface area contributed by atoms with Crippen LogP contribution in [-0.2, 0) is 6.54 Å². The van der Waals surface area contributed by atoms with Crippen molar-refractivity contribution >= 4 is 17.1 Å². The number of rotatable bonds is 3. The Kier molecular flexibility index (Phi) is 2.64. The average Bonchev–Trinajstić information content (AvgIpc) is 2.84. The fraction of sp³-hybridized carbons (Fsp3) is 0.300. The summed E-state index contributed by atoms with van der Waals surface area (Å²) in [6.45, 7) is 4.51. The van der Waals surface area contributed by atoms with E-state index in [2.05, 4.69) is 10.1 Å². The molecule has 0 unspecified atom stereocenters. The molecule has 2 aromatic rings. The average molecular weight is 221 g/mol. The first kappa shape index (κ1) is 10.0. The number of thiazole rings is 1. The number of ketones is 1. The molecule has 0 N–H and O–H groups in total. The first-order valence-corrected chi connectivity index (χ1v) is 5.58. The Bertz CT molecular complexity index is 486. The Morgan fingerprint density at radius 3 is 3.00 bits per heavy atom. The molecule has 78 valence electrons. The molecule has 0 aliphatic heterocycles. The van der Waals surface area contributed by atoms with Crippen molar-refractivity contribution in [2.75, 3.05) is 0 Å². The molecule has 0 bridgehead atoms. The molecule has 0 aliphatic carbocycles. The highest BCUT2D eigenvalue weighted by Crippen LogP contribution is 2.17. The zero-order chi connectivity index (χ0) is 10.8. The van der Waals surface area contributed by atoms with Crippen molar-refractivity contribution in [3.05, 3.63) is 34.0 Å². The van der Waals surface area contributed by atoms with Crippen LogP contribution in [0.4, 0.5) is 0 Å². The summed E-state index contributed by atoms with van der Waals surface area (Å²) >= 11 is 1.37. The van der Waals surface area contributed by atoms with E-state index in [-0.39, 0.29) is 5.78 Å². The number of carbonyl (C=O) groups is 1. The van der Waals surface area contributed by atoms with E-state index < -0.39 is 0 Å². The van der Waals surface area contributed by atoms with E-state index in [0.29, 0.717) is 17.1 Å². The largest absolute Gasteiger partial charge is 0.286 e. The van der Waals surface area contributed by atoms with Crippen molar-refractivity contribution in [2.45, 2.75) is 20.4 Å². The number of aromatic nitrogens is 3. The van der Waals surface area contributed by atoms with Gasteiger partial charge in [0.05, 0.1) is 16.1 Å². The van der Waals surface area contributed by atoms with Crippen LogP contribution in [0.1, 0.15) is 28.0 Å². The van der Waals surface area contributed by atoms with Gasteiger partial charge < -0.3 is 0 Å². The molecule has 0 fully saturated rings. The number of hydrogen-bond donors (Lipinski definition) is 0. The topological polar surface area (TPSA) is 47.8 Å². The van der Waals surface area contributed by atoms with Gasteiger partial charge >= 0.3 is 0 Å². The maximum Gasteiger partial charge on any atom is 0.222 e. The first-order valence-electron chi connectivity index (χ1n) is 4.70. The van der Waals surface area contributed by atoms with E-state index in [4.69, 9.17) is 0 Å². The number of carbonyl (C=O) groups excluding carboxylic acids is 1. The zero-order valence-electron chi connectivity index (χ0n) is 8.60. The van der Waals surface area contributed by atoms with Crippen LogP contribution in [0.2, 0.25) is 0 Å². The van der Waals surface area contributed by atoms with E-state index >= 15 is 0 Å². The number of nitrogens with zero attached hydrogens (tertiary/aromatic N) is 3. The quantitative estimate of drug-likeness (QED) is 0.744. The van der Waals surface area contributed by atoms with Gasteiger partial charge in [-0.25, -0.2) is 4.98 Å². The second-order valence-electron chi connectivity index (χ2n) is 3.13. The maximum atomic E-state index is 12.1. The van der Waals surface area contributed by atoms with Crippen molar-refractivity contribution in [1.82, 2.24) is 14.8 Å². The molecule has 0 saturated carbocycles. The fourth-order valence-electron chi connectivity index (χ4n) is 1.41. The van der Waals surface area contributed by atoms with Crippen molar-refractivity contribution in [3.63, 3.8) is 0 Å². The molecule has 0 spiro atoms. The highest BCUT2D eigenvalue weighted by molar-refractivity contribution is 7.12. The Balaban J connectivity index is 2.41. The highest BCUT2D eigenvalue weighted by atomic mass is 32.1. The third-order valence-corrected chi connectivity index (χ3v) is 3.13. The van der Waals surface area contributed by atoms with Gasteiger partial charge in [-0.3, -0.25) is 9.48 Å². The first-order chi connectivity index (χ1) is 7.24. The molecule has 0 radical (unpaired) electrons. The van der Waals surface area contributed by atoms with Crippen LogP contribution < -0.4 is 0 Å². The van der Waals surface area contributed by atoms with Gasteiger partial charge in [0.15, 0.2) is 0 Å². The number of hydrogen-bond acceptors (Lipinski definition) is 4. The van der Waals surface area contributed by atoms with Crippen LogP contribution >= 0.6 is 11.3 Å². The fourth-order valence-corrected chi connectivity index (χ4v) is 2.16. The molecule has 15 heavy (non-hydrogen) atoms. The van der Waals surface area contributed by atoms with E-state index in [1.54, 1.807) is 22.5 Å². The van der Waals surface area contributed by atoms with E-state index in [0.717, 1.165) is 5.69 Å². The summed E-state index contributed by atoms with van der Waals surface area (Å²) in [5.41, 5.74) is 3.11. The third-order valence-electron chi connectivity index (χ3n) is 2.20. The van der Waals surface area contributed by atoms with Gasteiger partial charge in [-0.1, -0.05) is 0 Å². The zero-order valence-corrected chi connectivity index (χ0v) is 9.41. The molecule has 5 heteroatoms. The van der Waals surface area contributed by atoms with Crippen LogP contribution in [-0.4, -0.2) is 20.5 Å². The molecular formula is C10H11N3OS. The lowest BCUT2D eigenvalue weighted by atomic mass is 10.2. The molecule has 0 amide bonds. The molecule has 2 aromatic heterocycles. The van der Waals surface area contributed by atoms with Crippen molar-refractivity contribution < 1.29 is 4.79 Å². The normalized spacial score (nSPS) is 10.5. The van der Waals surface area contributed by atoms with Gasteiger partial charge in [0.2, 0.25) is 5.78 Å². The Morgan fingerprint density at radius 1 is 1.60 bits per heavy atom. The van der Waals surface area contributed by atoms with E-state index in [1.807, 2.05) is 13.8 Å². The summed E-state index contributed by atoms with van der Waals surface area (Å²) in [5, 5.41) is 4.08.